The number of hydrogen-bond donors (Lipinski definition) is 2. The molecule has 0 bridgehead atoms. The van der Waals surface area contributed by atoms with Gasteiger partial charge >= 0.3 is 5.97 Å². The fraction of sp³-hybridized carbons (Fsp3) is 0.400. The first-order chi connectivity index (χ1) is 10.1. The van der Waals surface area contributed by atoms with Crippen LogP contribution in [0.15, 0.2) is 18.2 Å². The number of rotatable bonds is 2. The summed E-state index contributed by atoms with van der Waals surface area (Å²) in [7, 11) is 0. The lowest BCUT2D eigenvalue weighted by Gasteiger charge is -2.32. The summed E-state index contributed by atoms with van der Waals surface area (Å²) >= 11 is 0. The molecule has 6 nitrogen and oxygen atoms in total. The molecule has 1 unspecified atom stereocenters. The lowest BCUT2D eigenvalue weighted by Crippen LogP contribution is -2.59. The van der Waals surface area contributed by atoms with Crippen LogP contribution in [0.3, 0.4) is 0 Å². The van der Waals surface area contributed by atoms with Gasteiger partial charge in [-0.1, -0.05) is 6.07 Å². The largest absolute Gasteiger partial charge is 0.480 e. The summed E-state index contributed by atoms with van der Waals surface area (Å²) in [4.78, 5) is 36.4. The summed E-state index contributed by atoms with van der Waals surface area (Å²) in [6.07, 6.45) is 3.05. The standard InChI is InChI=1S/C15H16N2O4/c18-13-8-17(12(7-16-13)15(20)21)14(19)11-5-4-9-2-1-3-10(9)6-11/h4-6,12H,1-3,7-8H2,(H,16,18)(H,20,21). The van der Waals surface area contributed by atoms with Gasteiger partial charge in [0.25, 0.3) is 5.91 Å². The van der Waals surface area contributed by atoms with Gasteiger partial charge in [0.15, 0.2) is 0 Å². The van der Waals surface area contributed by atoms with Crippen molar-refractivity contribution in [1.29, 1.82) is 0 Å². The molecule has 0 spiro atoms. The van der Waals surface area contributed by atoms with Gasteiger partial charge < -0.3 is 15.3 Å². The average molecular weight is 288 g/mol. The molecule has 110 valence electrons. The van der Waals surface area contributed by atoms with E-state index >= 15 is 0 Å². The highest BCUT2D eigenvalue weighted by Gasteiger charge is 2.35. The number of carboxylic acids is 1. The van der Waals surface area contributed by atoms with Crippen LogP contribution in [0, 0.1) is 0 Å². The predicted molar refractivity (Wildman–Crippen MR) is 73.9 cm³/mol. The van der Waals surface area contributed by atoms with Gasteiger partial charge in [0.05, 0.1) is 0 Å². The fourth-order valence-electron chi connectivity index (χ4n) is 2.95. The second-order valence-electron chi connectivity index (χ2n) is 5.43. The molecule has 1 fully saturated rings. The van der Waals surface area contributed by atoms with Gasteiger partial charge in [-0.3, -0.25) is 9.59 Å². The Morgan fingerprint density at radius 1 is 1.24 bits per heavy atom. The SMILES string of the molecule is O=C1CN(C(=O)c2ccc3c(c2)CCC3)C(C(=O)O)CN1. The van der Waals surface area contributed by atoms with E-state index < -0.39 is 17.9 Å². The van der Waals surface area contributed by atoms with Crippen LogP contribution in [0.1, 0.15) is 27.9 Å². The van der Waals surface area contributed by atoms with Gasteiger partial charge in [0, 0.05) is 12.1 Å². The third kappa shape index (κ3) is 2.49. The molecule has 1 heterocycles. The molecule has 1 aromatic rings. The predicted octanol–water partition coefficient (Wildman–Crippen LogP) is 0.201. The molecule has 1 aliphatic carbocycles. The smallest absolute Gasteiger partial charge is 0.328 e. The van der Waals surface area contributed by atoms with Crippen LogP contribution in [-0.4, -0.2) is 46.9 Å². The Morgan fingerprint density at radius 2 is 2.00 bits per heavy atom. The van der Waals surface area contributed by atoms with Crippen LogP contribution in [0.5, 0.6) is 0 Å². The Morgan fingerprint density at radius 3 is 2.76 bits per heavy atom. The van der Waals surface area contributed by atoms with E-state index in [9.17, 15) is 19.5 Å². The third-order valence-electron chi connectivity index (χ3n) is 4.07. The van der Waals surface area contributed by atoms with Crippen molar-refractivity contribution in [3.63, 3.8) is 0 Å². The van der Waals surface area contributed by atoms with E-state index in [0.29, 0.717) is 5.56 Å². The highest BCUT2D eigenvalue weighted by Crippen LogP contribution is 2.24. The second kappa shape index (κ2) is 5.20. The van der Waals surface area contributed by atoms with Gasteiger partial charge in [-0.15, -0.1) is 0 Å². The number of fused-ring (bicyclic) bond motifs is 1. The van der Waals surface area contributed by atoms with Crippen molar-refractivity contribution < 1.29 is 19.5 Å². The first-order valence-electron chi connectivity index (χ1n) is 6.98. The number of amides is 2. The molecule has 21 heavy (non-hydrogen) atoms. The van der Waals surface area contributed by atoms with Crippen LogP contribution >= 0.6 is 0 Å². The molecule has 6 heteroatoms. The van der Waals surface area contributed by atoms with Gasteiger partial charge in [0.1, 0.15) is 12.6 Å². The molecule has 1 atom stereocenters. The maximum Gasteiger partial charge on any atom is 0.328 e. The van der Waals surface area contributed by atoms with Crippen molar-refractivity contribution in [3.8, 4) is 0 Å². The first-order valence-corrected chi connectivity index (χ1v) is 6.98. The Hall–Kier alpha value is -2.37. The van der Waals surface area contributed by atoms with Gasteiger partial charge in [-0.25, -0.2) is 4.79 Å². The van der Waals surface area contributed by atoms with E-state index in [2.05, 4.69) is 5.32 Å². The third-order valence-corrected chi connectivity index (χ3v) is 4.07. The monoisotopic (exact) mass is 288 g/mol. The summed E-state index contributed by atoms with van der Waals surface area (Å²) in [6, 6.07) is 4.46. The number of nitrogens with zero attached hydrogens (tertiary/aromatic N) is 1. The summed E-state index contributed by atoms with van der Waals surface area (Å²) < 4.78 is 0. The zero-order valence-corrected chi connectivity index (χ0v) is 11.5. The van der Waals surface area contributed by atoms with E-state index in [-0.39, 0.29) is 19.0 Å². The Labute approximate surface area is 121 Å². The number of aliphatic carboxylic acids is 1. The van der Waals surface area contributed by atoms with Crippen molar-refractivity contribution in [1.82, 2.24) is 10.2 Å². The average Bonchev–Trinajstić information content (AvgIpc) is 2.93. The van der Waals surface area contributed by atoms with E-state index in [1.165, 1.54) is 5.56 Å². The zero-order chi connectivity index (χ0) is 15.0. The highest BCUT2D eigenvalue weighted by molar-refractivity contribution is 6.00. The lowest BCUT2D eigenvalue weighted by molar-refractivity contribution is -0.144. The number of aryl methyl sites for hydroxylation is 2. The van der Waals surface area contributed by atoms with Crippen molar-refractivity contribution >= 4 is 17.8 Å². The van der Waals surface area contributed by atoms with E-state index in [0.717, 1.165) is 29.7 Å². The van der Waals surface area contributed by atoms with E-state index in [1.54, 1.807) is 6.07 Å². The fourth-order valence-corrected chi connectivity index (χ4v) is 2.95. The molecule has 0 radical (unpaired) electrons. The molecular formula is C15H16N2O4. The molecule has 1 aliphatic heterocycles. The van der Waals surface area contributed by atoms with Crippen LogP contribution in [-0.2, 0) is 22.4 Å². The Balaban J connectivity index is 1.88. The van der Waals surface area contributed by atoms with Crippen LogP contribution in [0.25, 0.3) is 0 Å². The minimum Gasteiger partial charge on any atom is -0.480 e. The molecule has 3 rings (SSSR count). The number of carboxylic acid groups (broad SMARTS) is 1. The number of carbonyl (C=O) groups excluding carboxylic acids is 2. The molecule has 1 aromatic carbocycles. The Bertz CT molecular complexity index is 626. The minimum atomic E-state index is -1.11. The first kappa shape index (κ1) is 13.6. The topological polar surface area (TPSA) is 86.7 Å². The maximum absolute atomic E-state index is 12.5. The van der Waals surface area contributed by atoms with E-state index in [4.69, 9.17) is 0 Å². The van der Waals surface area contributed by atoms with Crippen molar-refractivity contribution in [2.24, 2.45) is 0 Å². The molecule has 2 amide bonds. The maximum atomic E-state index is 12.5. The molecule has 2 N–H and O–H groups in total. The highest BCUT2D eigenvalue weighted by atomic mass is 16.4. The molecule has 0 aromatic heterocycles. The van der Waals surface area contributed by atoms with Crippen LogP contribution in [0.4, 0.5) is 0 Å². The van der Waals surface area contributed by atoms with Gasteiger partial charge in [0.2, 0.25) is 5.91 Å². The minimum absolute atomic E-state index is 0.0507. The number of piperazine rings is 1. The zero-order valence-electron chi connectivity index (χ0n) is 11.5. The normalized spacial score (nSPS) is 20.9. The number of carbonyl (C=O) groups is 3. The van der Waals surface area contributed by atoms with Crippen LogP contribution < -0.4 is 5.32 Å². The molecular weight excluding hydrogens is 272 g/mol. The summed E-state index contributed by atoms with van der Waals surface area (Å²) in [5, 5.41) is 11.7. The van der Waals surface area contributed by atoms with Crippen molar-refractivity contribution in [2.75, 3.05) is 13.1 Å². The summed E-state index contributed by atoms with van der Waals surface area (Å²) in [6.45, 7) is -0.266. The quantitative estimate of drug-likeness (QED) is 0.814. The number of benzene rings is 1. The molecule has 0 saturated carbocycles. The Kier molecular flexibility index (Phi) is 3.37. The van der Waals surface area contributed by atoms with Crippen molar-refractivity contribution in [3.05, 3.63) is 34.9 Å². The van der Waals surface area contributed by atoms with Crippen molar-refractivity contribution in [2.45, 2.75) is 25.3 Å². The van der Waals surface area contributed by atoms with Crippen LogP contribution in [0.2, 0.25) is 0 Å². The number of hydrogen-bond acceptors (Lipinski definition) is 3. The van der Waals surface area contributed by atoms with Gasteiger partial charge in [-0.05, 0) is 42.5 Å². The van der Waals surface area contributed by atoms with Gasteiger partial charge in [-0.2, -0.15) is 0 Å². The summed E-state index contributed by atoms with van der Waals surface area (Å²) in [5.74, 6) is -1.83. The second-order valence-corrected chi connectivity index (χ2v) is 5.43. The number of nitrogens with one attached hydrogen (secondary N) is 1. The summed E-state index contributed by atoms with van der Waals surface area (Å²) in [5.41, 5.74) is 2.85. The van der Waals surface area contributed by atoms with E-state index in [1.807, 2.05) is 12.1 Å². The molecule has 2 aliphatic rings. The lowest BCUT2D eigenvalue weighted by atomic mass is 10.0. The molecule has 1 saturated heterocycles.